The average Bonchev–Trinajstić information content (AvgIpc) is 2.47. The van der Waals surface area contributed by atoms with E-state index in [9.17, 15) is 0 Å². The molecule has 0 atom stereocenters. The topological polar surface area (TPSA) is 27.7 Å². The standard InChI is InChI=1S/C19H24O3/c1-14(2)20-19(21-15(3)4)16-10-12-18(13-11-16)22-17-8-6-5-7-9-17/h5-15,19H,1-4H3. The van der Waals surface area contributed by atoms with Crippen LogP contribution in [0.2, 0.25) is 0 Å². The van der Waals surface area contributed by atoms with Gasteiger partial charge >= 0.3 is 0 Å². The molecule has 0 spiro atoms. The average molecular weight is 300 g/mol. The van der Waals surface area contributed by atoms with E-state index in [2.05, 4.69) is 0 Å². The summed E-state index contributed by atoms with van der Waals surface area (Å²) in [5.74, 6) is 1.62. The predicted molar refractivity (Wildman–Crippen MR) is 88.1 cm³/mol. The van der Waals surface area contributed by atoms with Crippen molar-refractivity contribution in [2.75, 3.05) is 0 Å². The van der Waals surface area contributed by atoms with Gasteiger partial charge in [0.15, 0.2) is 6.29 Å². The number of ether oxygens (including phenoxy) is 3. The highest BCUT2D eigenvalue weighted by Crippen LogP contribution is 2.26. The lowest BCUT2D eigenvalue weighted by atomic mass is 10.2. The van der Waals surface area contributed by atoms with Gasteiger partial charge in [0.05, 0.1) is 12.2 Å². The van der Waals surface area contributed by atoms with Crippen LogP contribution in [0.25, 0.3) is 0 Å². The molecule has 2 aromatic rings. The number of rotatable bonds is 7. The Bertz CT molecular complexity index is 537. The van der Waals surface area contributed by atoms with Gasteiger partial charge in [-0.2, -0.15) is 0 Å². The second kappa shape index (κ2) is 7.97. The zero-order chi connectivity index (χ0) is 15.9. The van der Waals surface area contributed by atoms with Crippen LogP contribution in [0, 0.1) is 0 Å². The number of hydrogen-bond acceptors (Lipinski definition) is 3. The second-order valence-electron chi connectivity index (χ2n) is 5.69. The molecule has 0 unspecified atom stereocenters. The Balaban J connectivity index is 2.08. The fourth-order valence-corrected chi connectivity index (χ4v) is 2.00. The minimum Gasteiger partial charge on any atom is -0.457 e. The van der Waals surface area contributed by atoms with E-state index in [4.69, 9.17) is 14.2 Å². The molecule has 0 radical (unpaired) electrons. The van der Waals surface area contributed by atoms with Crippen molar-refractivity contribution >= 4 is 0 Å². The summed E-state index contributed by atoms with van der Waals surface area (Å²) in [7, 11) is 0. The van der Waals surface area contributed by atoms with E-state index in [1.807, 2.05) is 82.3 Å². The zero-order valence-electron chi connectivity index (χ0n) is 13.7. The molecule has 3 nitrogen and oxygen atoms in total. The lowest BCUT2D eigenvalue weighted by Crippen LogP contribution is -2.17. The van der Waals surface area contributed by atoms with Gasteiger partial charge in [0, 0.05) is 5.56 Å². The Morgan fingerprint density at radius 1 is 0.636 bits per heavy atom. The Morgan fingerprint density at radius 2 is 1.14 bits per heavy atom. The summed E-state index contributed by atoms with van der Waals surface area (Å²) in [4.78, 5) is 0. The van der Waals surface area contributed by atoms with Crippen molar-refractivity contribution < 1.29 is 14.2 Å². The summed E-state index contributed by atoms with van der Waals surface area (Å²) in [6, 6.07) is 17.6. The SMILES string of the molecule is CC(C)OC(OC(C)C)c1ccc(Oc2ccccc2)cc1. The van der Waals surface area contributed by atoms with E-state index >= 15 is 0 Å². The van der Waals surface area contributed by atoms with E-state index in [1.165, 1.54) is 0 Å². The van der Waals surface area contributed by atoms with Crippen LogP contribution in [0.5, 0.6) is 11.5 Å². The van der Waals surface area contributed by atoms with Crippen LogP contribution in [0.4, 0.5) is 0 Å². The van der Waals surface area contributed by atoms with Crippen molar-refractivity contribution in [3.05, 3.63) is 60.2 Å². The molecular formula is C19H24O3. The maximum absolute atomic E-state index is 5.84. The molecule has 0 saturated heterocycles. The summed E-state index contributed by atoms with van der Waals surface area (Å²) < 4.78 is 17.5. The molecule has 0 fully saturated rings. The number of benzene rings is 2. The van der Waals surface area contributed by atoms with Crippen LogP contribution in [0.1, 0.15) is 39.5 Å². The molecule has 118 valence electrons. The second-order valence-corrected chi connectivity index (χ2v) is 5.69. The van der Waals surface area contributed by atoms with Crippen molar-refractivity contribution in [3.63, 3.8) is 0 Å². The van der Waals surface area contributed by atoms with E-state index in [0.717, 1.165) is 17.1 Å². The molecule has 2 aromatic carbocycles. The normalized spacial score (nSPS) is 11.4. The molecule has 0 amide bonds. The van der Waals surface area contributed by atoms with Crippen LogP contribution in [-0.2, 0) is 9.47 Å². The Kier molecular flexibility index (Phi) is 5.99. The smallest absolute Gasteiger partial charge is 0.184 e. The van der Waals surface area contributed by atoms with Crippen molar-refractivity contribution in [1.29, 1.82) is 0 Å². The van der Waals surface area contributed by atoms with Crippen molar-refractivity contribution in [2.45, 2.75) is 46.2 Å². The van der Waals surface area contributed by atoms with Gasteiger partial charge in [-0.25, -0.2) is 0 Å². The Labute approximate surface area is 132 Å². The lowest BCUT2D eigenvalue weighted by molar-refractivity contribution is -0.185. The summed E-state index contributed by atoms with van der Waals surface area (Å²) in [6.45, 7) is 8.01. The first-order valence-corrected chi connectivity index (χ1v) is 7.68. The molecule has 0 aliphatic carbocycles. The maximum Gasteiger partial charge on any atom is 0.184 e. The largest absolute Gasteiger partial charge is 0.457 e. The van der Waals surface area contributed by atoms with Crippen LogP contribution in [-0.4, -0.2) is 12.2 Å². The summed E-state index contributed by atoms with van der Waals surface area (Å²) in [5, 5.41) is 0. The van der Waals surface area contributed by atoms with Crippen molar-refractivity contribution in [2.24, 2.45) is 0 Å². The van der Waals surface area contributed by atoms with Crippen molar-refractivity contribution in [1.82, 2.24) is 0 Å². The Hall–Kier alpha value is -1.84. The molecule has 22 heavy (non-hydrogen) atoms. The summed E-state index contributed by atoms with van der Waals surface area (Å²) >= 11 is 0. The highest BCUT2D eigenvalue weighted by atomic mass is 16.7. The van der Waals surface area contributed by atoms with Crippen LogP contribution in [0.15, 0.2) is 54.6 Å². The van der Waals surface area contributed by atoms with Crippen LogP contribution < -0.4 is 4.74 Å². The fourth-order valence-electron chi connectivity index (χ4n) is 2.00. The van der Waals surface area contributed by atoms with Gasteiger partial charge in [0.2, 0.25) is 0 Å². The number of para-hydroxylation sites is 1. The minimum absolute atomic E-state index is 0.101. The fraction of sp³-hybridized carbons (Fsp3) is 0.368. The van der Waals surface area contributed by atoms with Gasteiger partial charge in [-0.05, 0) is 52.0 Å². The predicted octanol–water partition coefficient (Wildman–Crippen LogP) is 5.33. The summed E-state index contributed by atoms with van der Waals surface area (Å²) in [6.07, 6.45) is -0.154. The van der Waals surface area contributed by atoms with Gasteiger partial charge in [0.1, 0.15) is 11.5 Å². The van der Waals surface area contributed by atoms with Crippen molar-refractivity contribution in [3.8, 4) is 11.5 Å². The molecule has 0 aromatic heterocycles. The zero-order valence-corrected chi connectivity index (χ0v) is 13.7. The third kappa shape index (κ3) is 5.17. The van der Waals surface area contributed by atoms with Crippen LogP contribution in [0.3, 0.4) is 0 Å². The molecule has 0 heterocycles. The van der Waals surface area contributed by atoms with Gasteiger partial charge in [-0.1, -0.05) is 30.3 Å². The molecule has 0 saturated carbocycles. The molecule has 0 aliphatic rings. The van der Waals surface area contributed by atoms with E-state index < -0.39 is 0 Å². The molecule has 0 aliphatic heterocycles. The highest BCUT2D eigenvalue weighted by Gasteiger charge is 2.16. The lowest BCUT2D eigenvalue weighted by Gasteiger charge is -2.23. The number of hydrogen-bond donors (Lipinski definition) is 0. The summed E-state index contributed by atoms with van der Waals surface area (Å²) in [5.41, 5.74) is 0.989. The van der Waals surface area contributed by atoms with E-state index in [1.54, 1.807) is 0 Å². The molecular weight excluding hydrogens is 276 g/mol. The van der Waals surface area contributed by atoms with E-state index in [-0.39, 0.29) is 18.5 Å². The maximum atomic E-state index is 5.84. The van der Waals surface area contributed by atoms with Gasteiger partial charge < -0.3 is 14.2 Å². The first kappa shape index (κ1) is 16.5. The molecule has 0 N–H and O–H groups in total. The van der Waals surface area contributed by atoms with Gasteiger partial charge in [-0.3, -0.25) is 0 Å². The molecule has 2 rings (SSSR count). The Morgan fingerprint density at radius 3 is 1.64 bits per heavy atom. The van der Waals surface area contributed by atoms with E-state index in [0.29, 0.717) is 0 Å². The third-order valence-corrected chi connectivity index (χ3v) is 2.92. The first-order chi connectivity index (χ1) is 10.5. The molecule has 3 heteroatoms. The van der Waals surface area contributed by atoms with Gasteiger partial charge in [0.25, 0.3) is 0 Å². The molecule has 0 bridgehead atoms. The first-order valence-electron chi connectivity index (χ1n) is 7.68. The third-order valence-electron chi connectivity index (χ3n) is 2.92. The minimum atomic E-state index is -0.356. The van der Waals surface area contributed by atoms with Crippen LogP contribution >= 0.6 is 0 Å². The van der Waals surface area contributed by atoms with Gasteiger partial charge in [-0.15, -0.1) is 0 Å². The monoisotopic (exact) mass is 300 g/mol. The highest BCUT2D eigenvalue weighted by molar-refractivity contribution is 5.33. The quantitative estimate of drug-likeness (QED) is 0.647.